The lowest BCUT2D eigenvalue weighted by molar-refractivity contribution is 0.402. The molecule has 16 heavy (non-hydrogen) atoms. The molecule has 0 radical (unpaired) electrons. The third-order valence-electron chi connectivity index (χ3n) is 1.78. The molecule has 1 N–H and O–H groups in total. The average Bonchev–Trinajstić information content (AvgIpc) is 2.26. The molecule has 4 nitrogen and oxygen atoms in total. The van der Waals surface area contributed by atoms with E-state index in [-0.39, 0.29) is 17.2 Å². The number of terminal acetylenes is 1. The van der Waals surface area contributed by atoms with Crippen molar-refractivity contribution in [3.05, 3.63) is 23.2 Å². The number of rotatable bonds is 4. The Kier molecular flexibility index (Phi) is 4.19. The van der Waals surface area contributed by atoms with Crippen LogP contribution in [0.5, 0.6) is 5.75 Å². The maximum absolute atomic E-state index is 11.8. The van der Waals surface area contributed by atoms with Crippen molar-refractivity contribution in [1.82, 2.24) is 4.72 Å². The van der Waals surface area contributed by atoms with Crippen molar-refractivity contribution in [3.8, 4) is 18.1 Å². The van der Waals surface area contributed by atoms with E-state index in [2.05, 4.69) is 10.6 Å². The van der Waals surface area contributed by atoms with E-state index in [4.69, 9.17) is 22.8 Å². The number of hydrogen-bond acceptors (Lipinski definition) is 3. The summed E-state index contributed by atoms with van der Waals surface area (Å²) >= 11 is 5.73. The molecule has 0 aliphatic carbocycles. The standard InChI is InChI=1S/C10H10ClNO3S/c1-3-6-12-16(13,14)10-7-8(11)4-5-9(10)15-2/h1,4-5,7,12H,6H2,2H3. The molecule has 0 aliphatic heterocycles. The zero-order chi connectivity index (χ0) is 12.2. The van der Waals surface area contributed by atoms with Gasteiger partial charge in [0.15, 0.2) is 0 Å². The lowest BCUT2D eigenvalue weighted by atomic mass is 10.3. The Hall–Kier alpha value is -1.22. The van der Waals surface area contributed by atoms with Crippen molar-refractivity contribution < 1.29 is 13.2 Å². The van der Waals surface area contributed by atoms with Crippen LogP contribution < -0.4 is 9.46 Å². The molecule has 0 atom stereocenters. The lowest BCUT2D eigenvalue weighted by Gasteiger charge is -2.09. The molecule has 0 unspecified atom stereocenters. The molecular weight excluding hydrogens is 250 g/mol. The van der Waals surface area contributed by atoms with Crippen LogP contribution in [0.15, 0.2) is 23.1 Å². The SMILES string of the molecule is C#CCNS(=O)(=O)c1cc(Cl)ccc1OC. The first-order valence-electron chi connectivity index (χ1n) is 4.28. The number of hydrogen-bond donors (Lipinski definition) is 1. The predicted octanol–water partition coefficient (Wildman–Crippen LogP) is 1.26. The molecule has 1 aromatic rings. The van der Waals surface area contributed by atoms with Crippen molar-refractivity contribution >= 4 is 21.6 Å². The van der Waals surface area contributed by atoms with Crippen LogP contribution in [0.1, 0.15) is 0 Å². The molecule has 86 valence electrons. The summed E-state index contributed by atoms with van der Waals surface area (Å²) < 4.78 is 30.7. The van der Waals surface area contributed by atoms with Gasteiger partial charge < -0.3 is 4.74 Å². The number of ether oxygens (including phenoxy) is 1. The smallest absolute Gasteiger partial charge is 0.245 e. The largest absolute Gasteiger partial charge is 0.495 e. The van der Waals surface area contributed by atoms with Crippen LogP contribution in [0.2, 0.25) is 5.02 Å². The zero-order valence-corrected chi connectivity index (χ0v) is 10.1. The second-order valence-corrected chi connectivity index (χ2v) is 5.00. The minimum atomic E-state index is -3.69. The molecule has 0 aliphatic rings. The highest BCUT2D eigenvalue weighted by molar-refractivity contribution is 7.89. The van der Waals surface area contributed by atoms with Gasteiger partial charge in [0.1, 0.15) is 10.6 Å². The van der Waals surface area contributed by atoms with Gasteiger partial charge in [-0.1, -0.05) is 17.5 Å². The summed E-state index contributed by atoms with van der Waals surface area (Å²) in [5, 5.41) is 0.307. The quantitative estimate of drug-likeness (QED) is 0.829. The normalized spacial score (nSPS) is 10.8. The van der Waals surface area contributed by atoms with Crippen LogP contribution in [0.3, 0.4) is 0 Å². The third-order valence-corrected chi connectivity index (χ3v) is 3.44. The monoisotopic (exact) mass is 259 g/mol. The Balaban J connectivity index is 3.21. The molecule has 0 saturated carbocycles. The summed E-state index contributed by atoms with van der Waals surface area (Å²) in [4.78, 5) is -0.0299. The van der Waals surface area contributed by atoms with E-state index in [0.717, 1.165) is 0 Å². The number of sulfonamides is 1. The fraction of sp³-hybridized carbons (Fsp3) is 0.200. The molecule has 0 bridgehead atoms. The van der Waals surface area contributed by atoms with E-state index in [0.29, 0.717) is 5.02 Å². The van der Waals surface area contributed by atoms with Gasteiger partial charge in [0, 0.05) is 5.02 Å². The van der Waals surface area contributed by atoms with Gasteiger partial charge in [-0.2, -0.15) is 4.72 Å². The van der Waals surface area contributed by atoms with Gasteiger partial charge in [-0.25, -0.2) is 8.42 Å². The Bertz CT molecular complexity index is 519. The summed E-state index contributed by atoms with van der Waals surface area (Å²) in [6, 6.07) is 4.33. The van der Waals surface area contributed by atoms with Crippen LogP contribution in [-0.4, -0.2) is 22.1 Å². The summed E-state index contributed by atoms with van der Waals surface area (Å²) in [5.41, 5.74) is 0. The summed E-state index contributed by atoms with van der Waals surface area (Å²) in [6.07, 6.45) is 4.98. The molecule has 0 aromatic heterocycles. The van der Waals surface area contributed by atoms with Gasteiger partial charge in [-0.05, 0) is 18.2 Å². The van der Waals surface area contributed by atoms with Crippen LogP contribution in [0, 0.1) is 12.3 Å². The molecule has 0 heterocycles. The summed E-state index contributed by atoms with van der Waals surface area (Å²) in [6.45, 7) is -0.0853. The lowest BCUT2D eigenvalue weighted by Crippen LogP contribution is -2.24. The van der Waals surface area contributed by atoms with E-state index in [1.165, 1.54) is 19.2 Å². The van der Waals surface area contributed by atoms with E-state index in [1.54, 1.807) is 6.07 Å². The van der Waals surface area contributed by atoms with Gasteiger partial charge >= 0.3 is 0 Å². The molecule has 1 rings (SSSR count). The van der Waals surface area contributed by atoms with Crippen molar-refractivity contribution in [1.29, 1.82) is 0 Å². The van der Waals surface area contributed by atoms with Gasteiger partial charge in [0.2, 0.25) is 10.0 Å². The minimum Gasteiger partial charge on any atom is -0.495 e. The van der Waals surface area contributed by atoms with Crippen molar-refractivity contribution in [2.75, 3.05) is 13.7 Å². The Morgan fingerprint density at radius 3 is 2.81 bits per heavy atom. The van der Waals surface area contributed by atoms with E-state index < -0.39 is 10.0 Å². The molecule has 0 amide bonds. The van der Waals surface area contributed by atoms with Crippen molar-refractivity contribution in [2.45, 2.75) is 4.90 Å². The number of benzene rings is 1. The maximum Gasteiger partial charge on any atom is 0.245 e. The Morgan fingerprint density at radius 2 is 2.25 bits per heavy atom. The molecule has 0 fully saturated rings. The fourth-order valence-electron chi connectivity index (χ4n) is 1.07. The first-order valence-corrected chi connectivity index (χ1v) is 6.14. The number of nitrogens with one attached hydrogen (secondary N) is 1. The maximum atomic E-state index is 11.8. The topological polar surface area (TPSA) is 55.4 Å². The Labute approximate surface area is 99.6 Å². The highest BCUT2D eigenvalue weighted by Crippen LogP contribution is 2.26. The van der Waals surface area contributed by atoms with Crippen LogP contribution in [0.25, 0.3) is 0 Å². The first kappa shape index (κ1) is 12.8. The van der Waals surface area contributed by atoms with Crippen LogP contribution in [-0.2, 0) is 10.0 Å². The molecule has 0 spiro atoms. The van der Waals surface area contributed by atoms with Gasteiger partial charge in [0.25, 0.3) is 0 Å². The van der Waals surface area contributed by atoms with E-state index >= 15 is 0 Å². The number of halogens is 1. The molecule has 6 heteroatoms. The zero-order valence-electron chi connectivity index (χ0n) is 8.53. The molecular formula is C10H10ClNO3S. The molecule has 0 saturated heterocycles. The van der Waals surface area contributed by atoms with Gasteiger partial charge in [0.05, 0.1) is 13.7 Å². The van der Waals surface area contributed by atoms with Crippen LogP contribution >= 0.6 is 11.6 Å². The second kappa shape index (κ2) is 5.21. The second-order valence-electron chi connectivity index (χ2n) is 2.82. The summed E-state index contributed by atoms with van der Waals surface area (Å²) in [5.74, 6) is 2.40. The summed E-state index contributed by atoms with van der Waals surface area (Å²) in [7, 11) is -2.31. The van der Waals surface area contributed by atoms with E-state index in [1.807, 2.05) is 0 Å². The highest BCUT2D eigenvalue weighted by atomic mass is 35.5. The highest BCUT2D eigenvalue weighted by Gasteiger charge is 2.18. The third kappa shape index (κ3) is 2.89. The molecule has 1 aromatic carbocycles. The minimum absolute atomic E-state index is 0.0299. The van der Waals surface area contributed by atoms with E-state index in [9.17, 15) is 8.42 Å². The first-order chi connectivity index (χ1) is 7.51. The average molecular weight is 260 g/mol. The van der Waals surface area contributed by atoms with Gasteiger partial charge in [-0.3, -0.25) is 0 Å². The number of methoxy groups -OCH3 is 1. The van der Waals surface area contributed by atoms with Gasteiger partial charge in [-0.15, -0.1) is 6.42 Å². The van der Waals surface area contributed by atoms with Crippen LogP contribution in [0.4, 0.5) is 0 Å². The van der Waals surface area contributed by atoms with Crippen molar-refractivity contribution in [2.24, 2.45) is 0 Å². The Morgan fingerprint density at radius 1 is 1.56 bits per heavy atom. The predicted molar refractivity (Wildman–Crippen MR) is 62.0 cm³/mol. The van der Waals surface area contributed by atoms with Crippen molar-refractivity contribution in [3.63, 3.8) is 0 Å². The fourth-order valence-corrected chi connectivity index (χ4v) is 2.44.